The third-order valence-electron chi connectivity index (χ3n) is 2.25. The highest BCUT2D eigenvalue weighted by molar-refractivity contribution is 14.1. The maximum Gasteiger partial charge on any atom is 0.256 e. The van der Waals surface area contributed by atoms with Crippen LogP contribution in [0, 0.1) is 3.83 Å². The third kappa shape index (κ3) is 1.56. The van der Waals surface area contributed by atoms with Gasteiger partial charge >= 0.3 is 0 Å². The van der Waals surface area contributed by atoms with Crippen molar-refractivity contribution in [2.45, 2.75) is 12.8 Å². The van der Waals surface area contributed by atoms with Crippen LogP contribution in [-0.2, 0) is 6.42 Å². The van der Waals surface area contributed by atoms with E-state index < -0.39 is 0 Å². The van der Waals surface area contributed by atoms with E-state index in [9.17, 15) is 4.79 Å². The van der Waals surface area contributed by atoms with Crippen LogP contribution in [-0.4, -0.2) is 23.6 Å². The Bertz CT molecular complexity index is 387. The first-order chi connectivity index (χ1) is 6.18. The van der Waals surface area contributed by atoms with Crippen molar-refractivity contribution in [1.82, 2.24) is 9.97 Å². The summed E-state index contributed by atoms with van der Waals surface area (Å²) in [5, 5.41) is 0. The lowest BCUT2D eigenvalue weighted by Crippen LogP contribution is -2.31. The van der Waals surface area contributed by atoms with E-state index in [1.54, 1.807) is 0 Å². The van der Waals surface area contributed by atoms with Gasteiger partial charge in [-0.2, -0.15) is 0 Å². The zero-order valence-electron chi connectivity index (χ0n) is 7.30. The highest BCUT2D eigenvalue weighted by atomic mass is 127. The topological polar surface area (TPSA) is 49.0 Å². The van der Waals surface area contributed by atoms with Gasteiger partial charge in [0, 0.05) is 13.6 Å². The van der Waals surface area contributed by atoms with Gasteiger partial charge in [0.15, 0.2) is 3.83 Å². The SMILES string of the molecule is CN1CCCc2c1nc(I)[nH]c2=O. The summed E-state index contributed by atoms with van der Waals surface area (Å²) in [7, 11) is 1.97. The molecule has 1 aliphatic heterocycles. The number of nitrogens with zero attached hydrogens (tertiary/aromatic N) is 2. The minimum atomic E-state index is 0.0148. The minimum Gasteiger partial charge on any atom is -0.359 e. The van der Waals surface area contributed by atoms with Crippen LogP contribution in [0.1, 0.15) is 12.0 Å². The Hall–Kier alpha value is -0.590. The number of rotatable bonds is 0. The molecule has 0 bridgehead atoms. The summed E-state index contributed by atoms with van der Waals surface area (Å²) in [4.78, 5) is 20.6. The van der Waals surface area contributed by atoms with Gasteiger partial charge in [0.25, 0.3) is 5.56 Å². The van der Waals surface area contributed by atoms with E-state index in [0.717, 1.165) is 30.8 Å². The van der Waals surface area contributed by atoms with Gasteiger partial charge in [-0.05, 0) is 35.4 Å². The first kappa shape index (κ1) is 8.98. The van der Waals surface area contributed by atoms with Gasteiger partial charge in [-0.1, -0.05) is 0 Å². The molecule has 0 radical (unpaired) electrons. The van der Waals surface area contributed by atoms with Gasteiger partial charge in [0.05, 0.1) is 5.56 Å². The minimum absolute atomic E-state index is 0.0148. The number of aromatic nitrogens is 2. The monoisotopic (exact) mass is 291 g/mol. The van der Waals surface area contributed by atoms with Gasteiger partial charge in [0.2, 0.25) is 0 Å². The van der Waals surface area contributed by atoms with Crippen molar-refractivity contribution in [2.24, 2.45) is 0 Å². The fourth-order valence-electron chi connectivity index (χ4n) is 1.60. The molecule has 0 saturated heterocycles. The molecule has 0 spiro atoms. The van der Waals surface area contributed by atoms with Crippen LogP contribution in [0.5, 0.6) is 0 Å². The molecule has 13 heavy (non-hydrogen) atoms. The average molecular weight is 291 g/mol. The van der Waals surface area contributed by atoms with Crippen molar-refractivity contribution >= 4 is 28.4 Å². The first-order valence-corrected chi connectivity index (χ1v) is 5.26. The quantitative estimate of drug-likeness (QED) is 0.567. The number of aromatic amines is 1. The summed E-state index contributed by atoms with van der Waals surface area (Å²) in [6, 6.07) is 0. The van der Waals surface area contributed by atoms with Gasteiger partial charge in [-0.15, -0.1) is 0 Å². The zero-order valence-corrected chi connectivity index (χ0v) is 9.46. The highest BCUT2D eigenvalue weighted by Gasteiger charge is 2.18. The van der Waals surface area contributed by atoms with Crippen molar-refractivity contribution in [3.8, 4) is 0 Å². The molecule has 4 nitrogen and oxygen atoms in total. The summed E-state index contributed by atoms with van der Waals surface area (Å²) in [5.41, 5.74) is 0.843. The van der Waals surface area contributed by atoms with E-state index in [1.807, 2.05) is 34.5 Å². The number of halogens is 1. The molecule has 0 atom stereocenters. The smallest absolute Gasteiger partial charge is 0.256 e. The van der Waals surface area contributed by atoms with Crippen LogP contribution in [0.15, 0.2) is 4.79 Å². The molecule has 0 saturated carbocycles. The van der Waals surface area contributed by atoms with E-state index in [1.165, 1.54) is 0 Å². The fraction of sp³-hybridized carbons (Fsp3) is 0.500. The molecule has 2 rings (SSSR count). The molecule has 1 N–H and O–H groups in total. The van der Waals surface area contributed by atoms with Gasteiger partial charge in [0.1, 0.15) is 5.82 Å². The maximum absolute atomic E-state index is 11.5. The number of hydrogen-bond donors (Lipinski definition) is 1. The van der Waals surface area contributed by atoms with E-state index in [-0.39, 0.29) is 5.56 Å². The maximum atomic E-state index is 11.5. The second kappa shape index (κ2) is 3.28. The van der Waals surface area contributed by atoms with Crippen molar-refractivity contribution in [3.63, 3.8) is 0 Å². The van der Waals surface area contributed by atoms with Crippen molar-refractivity contribution in [2.75, 3.05) is 18.5 Å². The lowest BCUT2D eigenvalue weighted by molar-refractivity contribution is 0.714. The molecule has 1 aromatic heterocycles. The molecule has 0 fully saturated rings. The molecule has 1 aromatic rings. The summed E-state index contributed by atoms with van der Waals surface area (Å²) in [5.74, 6) is 0.847. The van der Waals surface area contributed by atoms with Gasteiger partial charge in [-0.3, -0.25) is 4.79 Å². The van der Waals surface area contributed by atoms with Crippen LogP contribution in [0.4, 0.5) is 5.82 Å². The molecular weight excluding hydrogens is 281 g/mol. The van der Waals surface area contributed by atoms with E-state index in [0.29, 0.717) is 3.83 Å². The standard InChI is InChI=1S/C8H10IN3O/c1-12-4-2-3-5-6(12)10-8(9)11-7(5)13/h2-4H2,1H3,(H,10,11,13). The van der Waals surface area contributed by atoms with Crippen LogP contribution in [0.3, 0.4) is 0 Å². The van der Waals surface area contributed by atoms with Gasteiger partial charge in [-0.25, -0.2) is 4.98 Å². The molecule has 5 heteroatoms. The summed E-state index contributed by atoms with van der Waals surface area (Å²) >= 11 is 2.03. The van der Waals surface area contributed by atoms with Crippen LogP contribution < -0.4 is 10.5 Å². The molecule has 0 aliphatic carbocycles. The highest BCUT2D eigenvalue weighted by Crippen LogP contribution is 2.19. The number of hydrogen-bond acceptors (Lipinski definition) is 3. The first-order valence-electron chi connectivity index (χ1n) is 4.18. The molecule has 0 aromatic carbocycles. The predicted octanol–water partition coefficient (Wildman–Crippen LogP) is 0.757. The summed E-state index contributed by atoms with van der Waals surface area (Å²) in [6.07, 6.45) is 1.88. The Morgan fingerprint density at radius 3 is 3.15 bits per heavy atom. The Morgan fingerprint density at radius 1 is 1.62 bits per heavy atom. The van der Waals surface area contributed by atoms with Crippen molar-refractivity contribution in [1.29, 1.82) is 0 Å². The average Bonchev–Trinajstić information content (AvgIpc) is 2.07. The Balaban J connectivity index is 2.63. The third-order valence-corrected chi connectivity index (χ3v) is 2.76. The Kier molecular flexibility index (Phi) is 2.27. The Morgan fingerprint density at radius 2 is 2.38 bits per heavy atom. The lowest BCUT2D eigenvalue weighted by atomic mass is 10.1. The van der Waals surface area contributed by atoms with Crippen LogP contribution in [0.2, 0.25) is 0 Å². The normalized spacial score (nSPS) is 15.7. The summed E-state index contributed by atoms with van der Waals surface area (Å²) in [6.45, 7) is 0.986. The molecule has 0 amide bonds. The lowest BCUT2D eigenvalue weighted by Gasteiger charge is -2.25. The Labute approximate surface area is 89.5 Å². The second-order valence-corrected chi connectivity index (χ2v) is 4.21. The van der Waals surface area contributed by atoms with E-state index in [4.69, 9.17) is 0 Å². The van der Waals surface area contributed by atoms with E-state index in [2.05, 4.69) is 9.97 Å². The molecular formula is C8H10IN3O. The zero-order chi connectivity index (χ0) is 9.42. The molecule has 0 unspecified atom stereocenters. The molecule has 2 heterocycles. The van der Waals surface area contributed by atoms with E-state index >= 15 is 0 Å². The number of anilines is 1. The fourth-order valence-corrected chi connectivity index (χ4v) is 2.07. The number of nitrogens with one attached hydrogen (secondary N) is 1. The van der Waals surface area contributed by atoms with Crippen molar-refractivity contribution < 1.29 is 0 Å². The summed E-state index contributed by atoms with van der Waals surface area (Å²) < 4.78 is 0.662. The largest absolute Gasteiger partial charge is 0.359 e. The van der Waals surface area contributed by atoms with Crippen LogP contribution in [0.25, 0.3) is 0 Å². The predicted molar refractivity (Wildman–Crippen MR) is 59.2 cm³/mol. The van der Waals surface area contributed by atoms with Crippen molar-refractivity contribution in [3.05, 3.63) is 19.7 Å². The second-order valence-electron chi connectivity index (χ2n) is 3.18. The number of fused-ring (bicyclic) bond motifs is 1. The van der Waals surface area contributed by atoms with Crippen LogP contribution >= 0.6 is 22.6 Å². The van der Waals surface area contributed by atoms with Gasteiger partial charge < -0.3 is 9.88 Å². The molecule has 70 valence electrons. The molecule has 1 aliphatic rings. The number of H-pyrrole nitrogens is 1.